The van der Waals surface area contributed by atoms with E-state index in [1.807, 2.05) is 17.0 Å². The lowest BCUT2D eigenvalue weighted by Gasteiger charge is -2.41. The number of benzene rings is 1. The van der Waals surface area contributed by atoms with Gasteiger partial charge in [-0.15, -0.1) is 0 Å². The number of anilines is 1. The van der Waals surface area contributed by atoms with Crippen LogP contribution in [0.2, 0.25) is 0 Å². The molecule has 0 bridgehead atoms. The summed E-state index contributed by atoms with van der Waals surface area (Å²) in [6.45, 7) is 7.46. The Balaban J connectivity index is 1.61. The lowest BCUT2D eigenvalue weighted by Crippen LogP contribution is -2.56. The first kappa shape index (κ1) is 15.6. The molecule has 1 atom stereocenters. The standard InChI is InChI=1S/C17H23N3O3/c1-13-5-3-4-6-15(13)18-7-8-20(14(2)11-18)16(21)12-19-9-10-23-17(19)22/h3-6,14H,7-12H2,1-2H3/t14-/m1/s1. The quantitative estimate of drug-likeness (QED) is 0.847. The average Bonchev–Trinajstić information content (AvgIpc) is 2.92. The summed E-state index contributed by atoms with van der Waals surface area (Å²) >= 11 is 0. The molecule has 3 rings (SSSR count). The summed E-state index contributed by atoms with van der Waals surface area (Å²) in [5.74, 6) is 0.000726. The normalized spacial score (nSPS) is 21.6. The van der Waals surface area contributed by atoms with Crippen LogP contribution < -0.4 is 4.90 Å². The molecule has 2 fully saturated rings. The minimum absolute atomic E-state index is 0.000726. The summed E-state index contributed by atoms with van der Waals surface area (Å²) in [6, 6.07) is 8.44. The van der Waals surface area contributed by atoms with Crippen LogP contribution in [0.4, 0.5) is 10.5 Å². The highest BCUT2D eigenvalue weighted by atomic mass is 16.6. The van der Waals surface area contributed by atoms with Crippen LogP contribution in [-0.4, -0.2) is 67.2 Å². The fraction of sp³-hybridized carbons (Fsp3) is 0.529. The second-order valence-electron chi connectivity index (χ2n) is 6.20. The third-order valence-corrected chi connectivity index (χ3v) is 4.58. The molecule has 0 aromatic heterocycles. The van der Waals surface area contributed by atoms with Gasteiger partial charge in [-0.1, -0.05) is 18.2 Å². The van der Waals surface area contributed by atoms with Gasteiger partial charge in [0, 0.05) is 31.4 Å². The number of carbonyl (C=O) groups excluding carboxylic acids is 2. The SMILES string of the molecule is Cc1ccccc1N1CCN(C(=O)CN2CCOC2=O)[C@H](C)C1. The summed E-state index contributed by atoms with van der Waals surface area (Å²) in [5.41, 5.74) is 2.48. The molecule has 23 heavy (non-hydrogen) atoms. The van der Waals surface area contributed by atoms with E-state index in [0.29, 0.717) is 19.7 Å². The number of nitrogens with zero attached hydrogens (tertiary/aromatic N) is 3. The zero-order valence-electron chi connectivity index (χ0n) is 13.7. The van der Waals surface area contributed by atoms with Crippen molar-refractivity contribution in [3.63, 3.8) is 0 Å². The lowest BCUT2D eigenvalue weighted by atomic mass is 10.1. The zero-order chi connectivity index (χ0) is 16.4. The molecule has 124 valence electrons. The van der Waals surface area contributed by atoms with Crippen molar-refractivity contribution in [3.8, 4) is 0 Å². The van der Waals surface area contributed by atoms with Gasteiger partial charge < -0.3 is 14.5 Å². The molecule has 2 heterocycles. The van der Waals surface area contributed by atoms with Gasteiger partial charge in [0.2, 0.25) is 5.91 Å². The Bertz CT molecular complexity index is 605. The maximum Gasteiger partial charge on any atom is 0.410 e. The summed E-state index contributed by atoms with van der Waals surface area (Å²) in [5, 5.41) is 0. The Hall–Kier alpha value is -2.24. The second kappa shape index (κ2) is 6.48. The molecule has 0 spiro atoms. The Morgan fingerprint density at radius 2 is 2.04 bits per heavy atom. The van der Waals surface area contributed by atoms with Crippen molar-refractivity contribution in [1.82, 2.24) is 9.80 Å². The van der Waals surface area contributed by atoms with Crippen LogP contribution in [0.25, 0.3) is 0 Å². The fourth-order valence-electron chi connectivity index (χ4n) is 3.29. The van der Waals surface area contributed by atoms with Crippen molar-refractivity contribution in [1.29, 1.82) is 0 Å². The minimum atomic E-state index is -0.385. The molecule has 2 amide bonds. The minimum Gasteiger partial charge on any atom is -0.448 e. The molecule has 2 aliphatic rings. The molecule has 0 radical (unpaired) electrons. The molecule has 6 nitrogen and oxygen atoms in total. The predicted molar refractivity (Wildman–Crippen MR) is 87.5 cm³/mol. The third kappa shape index (κ3) is 3.25. The maximum atomic E-state index is 12.5. The van der Waals surface area contributed by atoms with Crippen molar-refractivity contribution in [2.75, 3.05) is 44.2 Å². The monoisotopic (exact) mass is 317 g/mol. The third-order valence-electron chi connectivity index (χ3n) is 4.58. The van der Waals surface area contributed by atoms with Gasteiger partial charge in [0.15, 0.2) is 0 Å². The number of ether oxygens (including phenoxy) is 1. The van der Waals surface area contributed by atoms with E-state index in [1.54, 1.807) is 0 Å². The van der Waals surface area contributed by atoms with Crippen LogP contribution in [0.15, 0.2) is 24.3 Å². The highest BCUT2D eigenvalue weighted by Crippen LogP contribution is 2.23. The molecule has 0 aliphatic carbocycles. The summed E-state index contributed by atoms with van der Waals surface area (Å²) in [7, 11) is 0. The number of amides is 2. The topological polar surface area (TPSA) is 53.1 Å². The molecule has 0 N–H and O–H groups in total. The first-order chi connectivity index (χ1) is 11.1. The van der Waals surface area contributed by atoms with Crippen LogP contribution >= 0.6 is 0 Å². The van der Waals surface area contributed by atoms with Gasteiger partial charge in [0.25, 0.3) is 0 Å². The Morgan fingerprint density at radius 1 is 1.26 bits per heavy atom. The van der Waals surface area contributed by atoms with E-state index in [0.717, 1.165) is 13.1 Å². The van der Waals surface area contributed by atoms with Crippen molar-refractivity contribution >= 4 is 17.7 Å². The van der Waals surface area contributed by atoms with Crippen molar-refractivity contribution < 1.29 is 14.3 Å². The first-order valence-corrected chi connectivity index (χ1v) is 8.08. The summed E-state index contributed by atoms with van der Waals surface area (Å²) in [6.07, 6.45) is -0.385. The number of carbonyl (C=O) groups is 2. The van der Waals surface area contributed by atoms with E-state index in [9.17, 15) is 9.59 Å². The van der Waals surface area contributed by atoms with Gasteiger partial charge in [-0.25, -0.2) is 4.79 Å². The molecule has 1 aromatic rings. The molecule has 1 aromatic carbocycles. The van der Waals surface area contributed by atoms with E-state index in [1.165, 1.54) is 16.2 Å². The Kier molecular flexibility index (Phi) is 4.41. The second-order valence-corrected chi connectivity index (χ2v) is 6.20. The average molecular weight is 317 g/mol. The van der Waals surface area contributed by atoms with Gasteiger partial charge >= 0.3 is 6.09 Å². The predicted octanol–water partition coefficient (Wildman–Crippen LogP) is 1.48. The van der Waals surface area contributed by atoms with Gasteiger partial charge in [0.1, 0.15) is 13.2 Å². The highest BCUT2D eigenvalue weighted by molar-refractivity contribution is 5.83. The molecule has 0 unspecified atom stereocenters. The van der Waals surface area contributed by atoms with Crippen molar-refractivity contribution in [2.24, 2.45) is 0 Å². The number of hydrogen-bond acceptors (Lipinski definition) is 4. The van der Waals surface area contributed by atoms with Crippen LogP contribution in [0.1, 0.15) is 12.5 Å². The maximum absolute atomic E-state index is 12.5. The zero-order valence-corrected chi connectivity index (χ0v) is 13.7. The van der Waals surface area contributed by atoms with Gasteiger partial charge in [-0.3, -0.25) is 9.69 Å². The largest absolute Gasteiger partial charge is 0.448 e. The number of para-hydroxylation sites is 1. The Labute approximate surface area is 136 Å². The van der Waals surface area contributed by atoms with Crippen LogP contribution in [0, 0.1) is 6.92 Å². The van der Waals surface area contributed by atoms with Gasteiger partial charge in [-0.05, 0) is 25.5 Å². The molecule has 2 aliphatic heterocycles. The van der Waals surface area contributed by atoms with E-state index in [2.05, 4.69) is 30.9 Å². The highest BCUT2D eigenvalue weighted by Gasteiger charge is 2.31. The molecular formula is C17H23N3O3. The number of piperazine rings is 1. The molecule has 6 heteroatoms. The Morgan fingerprint density at radius 3 is 2.70 bits per heavy atom. The summed E-state index contributed by atoms with van der Waals surface area (Å²) in [4.78, 5) is 29.6. The van der Waals surface area contributed by atoms with Crippen molar-refractivity contribution in [2.45, 2.75) is 19.9 Å². The summed E-state index contributed by atoms with van der Waals surface area (Å²) < 4.78 is 4.88. The number of aryl methyl sites for hydroxylation is 1. The smallest absolute Gasteiger partial charge is 0.410 e. The lowest BCUT2D eigenvalue weighted by molar-refractivity contribution is -0.134. The fourth-order valence-corrected chi connectivity index (χ4v) is 3.29. The number of hydrogen-bond donors (Lipinski definition) is 0. The number of rotatable bonds is 3. The van der Waals surface area contributed by atoms with Crippen LogP contribution in [-0.2, 0) is 9.53 Å². The molecular weight excluding hydrogens is 294 g/mol. The van der Waals surface area contributed by atoms with E-state index >= 15 is 0 Å². The number of cyclic esters (lactones) is 1. The molecule has 2 saturated heterocycles. The first-order valence-electron chi connectivity index (χ1n) is 8.08. The van der Waals surface area contributed by atoms with E-state index in [4.69, 9.17) is 4.74 Å². The van der Waals surface area contributed by atoms with Crippen LogP contribution in [0.5, 0.6) is 0 Å². The van der Waals surface area contributed by atoms with E-state index < -0.39 is 0 Å². The van der Waals surface area contributed by atoms with E-state index in [-0.39, 0.29) is 24.6 Å². The van der Waals surface area contributed by atoms with Crippen LogP contribution in [0.3, 0.4) is 0 Å². The van der Waals surface area contributed by atoms with Crippen molar-refractivity contribution in [3.05, 3.63) is 29.8 Å². The molecule has 0 saturated carbocycles. The van der Waals surface area contributed by atoms with Gasteiger partial charge in [-0.2, -0.15) is 0 Å². The van der Waals surface area contributed by atoms with Gasteiger partial charge in [0.05, 0.1) is 6.54 Å².